The number of hydrogen-bond donors (Lipinski definition) is 1. The Bertz CT molecular complexity index is 537. The quantitative estimate of drug-likeness (QED) is 0.904. The van der Waals surface area contributed by atoms with Gasteiger partial charge >= 0.3 is 0 Å². The summed E-state index contributed by atoms with van der Waals surface area (Å²) in [5, 5.41) is 3.82. The van der Waals surface area contributed by atoms with E-state index < -0.39 is 11.6 Å². The van der Waals surface area contributed by atoms with Crippen LogP contribution in [0.4, 0.5) is 14.5 Å². The topological polar surface area (TPSA) is 24.9 Å². The molecule has 0 aliphatic heterocycles. The summed E-state index contributed by atoms with van der Waals surface area (Å²) in [6, 6.07) is 2.37. The van der Waals surface area contributed by atoms with Crippen LogP contribution in [0.3, 0.4) is 0 Å². The third kappa shape index (κ3) is 2.79. The lowest BCUT2D eigenvalue weighted by Crippen LogP contribution is -2.01. The maximum Gasteiger partial charge on any atom is 0.146 e. The summed E-state index contributed by atoms with van der Waals surface area (Å²) in [6.07, 6.45) is 1.73. The second-order valence-corrected chi connectivity index (χ2v) is 5.10. The molecule has 17 heavy (non-hydrogen) atoms. The van der Waals surface area contributed by atoms with Gasteiger partial charge in [-0.05, 0) is 25.5 Å². The smallest absolute Gasteiger partial charge is 0.146 e. The Hall–Kier alpha value is -1.49. The van der Waals surface area contributed by atoms with E-state index in [-0.39, 0.29) is 5.69 Å². The number of aryl methyl sites for hydroxylation is 2. The van der Waals surface area contributed by atoms with Crippen LogP contribution in [0.2, 0.25) is 0 Å². The molecule has 1 heterocycles. The summed E-state index contributed by atoms with van der Waals surface area (Å²) >= 11 is 1.53. The fourth-order valence-electron chi connectivity index (χ4n) is 1.45. The summed E-state index contributed by atoms with van der Waals surface area (Å²) in [4.78, 5) is 5.08. The van der Waals surface area contributed by atoms with Crippen LogP contribution >= 0.6 is 11.3 Å². The van der Waals surface area contributed by atoms with Crippen molar-refractivity contribution in [1.82, 2.24) is 4.98 Å². The molecule has 1 aromatic heterocycles. The molecule has 0 fully saturated rings. The average Bonchev–Trinajstić information content (AvgIpc) is 2.68. The second kappa shape index (κ2) is 4.79. The van der Waals surface area contributed by atoms with Gasteiger partial charge in [0.25, 0.3) is 0 Å². The van der Waals surface area contributed by atoms with Crippen LogP contribution in [0.5, 0.6) is 0 Å². The van der Waals surface area contributed by atoms with Gasteiger partial charge in [0.2, 0.25) is 0 Å². The zero-order valence-corrected chi connectivity index (χ0v) is 10.4. The molecule has 0 spiro atoms. The van der Waals surface area contributed by atoms with E-state index in [4.69, 9.17) is 0 Å². The summed E-state index contributed by atoms with van der Waals surface area (Å²) in [6.45, 7) is 3.89. The molecule has 0 bridgehead atoms. The van der Waals surface area contributed by atoms with Crippen molar-refractivity contribution in [2.75, 3.05) is 5.32 Å². The number of aromatic nitrogens is 1. The van der Waals surface area contributed by atoms with Crippen molar-refractivity contribution < 1.29 is 8.78 Å². The minimum absolute atomic E-state index is 0.180. The molecule has 0 unspecified atom stereocenters. The van der Waals surface area contributed by atoms with Crippen molar-refractivity contribution >= 4 is 17.0 Å². The number of halogens is 2. The zero-order chi connectivity index (χ0) is 12.4. The van der Waals surface area contributed by atoms with Crippen molar-refractivity contribution in [2.24, 2.45) is 0 Å². The zero-order valence-electron chi connectivity index (χ0n) is 9.55. The third-order valence-corrected chi connectivity index (χ3v) is 3.28. The van der Waals surface area contributed by atoms with E-state index in [0.29, 0.717) is 12.1 Å². The lowest BCUT2D eigenvalue weighted by Gasteiger charge is -2.07. The molecule has 0 radical (unpaired) electrons. The van der Waals surface area contributed by atoms with Crippen LogP contribution < -0.4 is 5.32 Å². The van der Waals surface area contributed by atoms with E-state index in [1.807, 2.05) is 6.92 Å². The molecule has 0 aliphatic rings. The number of anilines is 1. The van der Waals surface area contributed by atoms with Gasteiger partial charge in [-0.1, -0.05) is 0 Å². The minimum Gasteiger partial charge on any atom is -0.378 e. The van der Waals surface area contributed by atoms with Crippen LogP contribution in [-0.2, 0) is 6.54 Å². The Balaban J connectivity index is 2.11. The molecule has 0 saturated carbocycles. The van der Waals surface area contributed by atoms with Crippen LogP contribution in [0.15, 0.2) is 18.3 Å². The molecule has 0 saturated heterocycles. The molecule has 0 amide bonds. The van der Waals surface area contributed by atoms with Gasteiger partial charge < -0.3 is 5.32 Å². The minimum atomic E-state index is -0.440. The summed E-state index contributed by atoms with van der Waals surface area (Å²) < 4.78 is 26.8. The summed E-state index contributed by atoms with van der Waals surface area (Å²) in [5.41, 5.74) is 0.487. The highest BCUT2D eigenvalue weighted by Gasteiger charge is 2.07. The molecule has 1 aromatic carbocycles. The monoisotopic (exact) mass is 254 g/mol. The van der Waals surface area contributed by atoms with Gasteiger partial charge in [-0.15, -0.1) is 11.3 Å². The highest BCUT2D eigenvalue weighted by molar-refractivity contribution is 7.11. The Labute approximate surface area is 102 Å². The molecule has 1 N–H and O–H groups in total. The SMILES string of the molecule is Cc1ncc(CNc2cc(F)c(C)cc2F)s1. The first-order chi connectivity index (χ1) is 8.06. The van der Waals surface area contributed by atoms with E-state index in [1.165, 1.54) is 30.4 Å². The van der Waals surface area contributed by atoms with Crippen LogP contribution in [0, 0.1) is 25.5 Å². The van der Waals surface area contributed by atoms with E-state index in [1.54, 1.807) is 6.20 Å². The summed E-state index contributed by atoms with van der Waals surface area (Å²) in [7, 11) is 0. The van der Waals surface area contributed by atoms with Gasteiger partial charge in [-0.3, -0.25) is 0 Å². The molecule has 0 aliphatic carbocycles. The predicted molar refractivity (Wildman–Crippen MR) is 65.3 cm³/mol. The van der Waals surface area contributed by atoms with Crippen molar-refractivity contribution in [1.29, 1.82) is 0 Å². The number of benzene rings is 1. The molecule has 2 nitrogen and oxygen atoms in total. The molecule has 2 rings (SSSR count). The average molecular weight is 254 g/mol. The first kappa shape index (κ1) is 12.0. The van der Waals surface area contributed by atoms with E-state index in [9.17, 15) is 8.78 Å². The first-order valence-electron chi connectivity index (χ1n) is 5.17. The number of hydrogen-bond acceptors (Lipinski definition) is 3. The van der Waals surface area contributed by atoms with Crippen molar-refractivity contribution in [3.05, 3.63) is 45.4 Å². The second-order valence-electron chi connectivity index (χ2n) is 3.78. The number of nitrogens with one attached hydrogen (secondary N) is 1. The first-order valence-corrected chi connectivity index (χ1v) is 5.98. The van der Waals surface area contributed by atoms with Crippen LogP contribution in [0.1, 0.15) is 15.4 Å². The molecule has 2 aromatic rings. The number of thiazole rings is 1. The highest BCUT2D eigenvalue weighted by atomic mass is 32.1. The van der Waals surface area contributed by atoms with Gasteiger partial charge in [0.05, 0.1) is 17.2 Å². The molecular weight excluding hydrogens is 242 g/mol. The highest BCUT2D eigenvalue weighted by Crippen LogP contribution is 2.20. The predicted octanol–water partition coefficient (Wildman–Crippen LogP) is 3.65. The van der Waals surface area contributed by atoms with Gasteiger partial charge in [0.1, 0.15) is 11.6 Å². The lowest BCUT2D eigenvalue weighted by molar-refractivity contribution is 0.594. The lowest BCUT2D eigenvalue weighted by atomic mass is 10.2. The molecule has 5 heteroatoms. The Morgan fingerprint density at radius 2 is 2.00 bits per heavy atom. The maximum absolute atomic E-state index is 13.5. The summed E-state index contributed by atoms with van der Waals surface area (Å²) in [5.74, 6) is -0.848. The third-order valence-electron chi connectivity index (χ3n) is 2.37. The Morgan fingerprint density at radius 3 is 2.65 bits per heavy atom. The van der Waals surface area contributed by atoms with Crippen LogP contribution in [-0.4, -0.2) is 4.98 Å². The molecular formula is C12H12F2N2S. The molecule has 90 valence electrons. The van der Waals surface area contributed by atoms with Crippen LogP contribution in [0.25, 0.3) is 0 Å². The largest absolute Gasteiger partial charge is 0.378 e. The van der Waals surface area contributed by atoms with Gasteiger partial charge in [0.15, 0.2) is 0 Å². The standard InChI is InChI=1S/C12H12F2N2S/c1-7-3-11(14)12(4-10(7)13)16-6-9-5-15-8(2)17-9/h3-5,16H,6H2,1-2H3. The fraction of sp³-hybridized carbons (Fsp3) is 0.250. The molecule has 0 atom stereocenters. The van der Waals surface area contributed by atoms with E-state index >= 15 is 0 Å². The maximum atomic E-state index is 13.5. The number of nitrogens with zero attached hydrogens (tertiary/aromatic N) is 1. The normalized spacial score (nSPS) is 10.6. The Kier molecular flexibility index (Phi) is 3.38. The van der Waals surface area contributed by atoms with Gasteiger partial charge in [-0.2, -0.15) is 0 Å². The van der Waals surface area contributed by atoms with E-state index in [2.05, 4.69) is 10.3 Å². The fourth-order valence-corrected chi connectivity index (χ4v) is 2.19. The Morgan fingerprint density at radius 1 is 1.24 bits per heavy atom. The van der Waals surface area contributed by atoms with Crippen molar-refractivity contribution in [3.8, 4) is 0 Å². The van der Waals surface area contributed by atoms with Gasteiger partial charge in [0, 0.05) is 17.1 Å². The number of rotatable bonds is 3. The van der Waals surface area contributed by atoms with Crippen molar-refractivity contribution in [2.45, 2.75) is 20.4 Å². The van der Waals surface area contributed by atoms with Gasteiger partial charge in [-0.25, -0.2) is 13.8 Å². The van der Waals surface area contributed by atoms with E-state index in [0.717, 1.165) is 9.88 Å². The van der Waals surface area contributed by atoms with Crippen molar-refractivity contribution in [3.63, 3.8) is 0 Å².